The summed E-state index contributed by atoms with van der Waals surface area (Å²) in [4.78, 5) is 10.1. The lowest BCUT2D eigenvalue weighted by atomic mass is 9.88. The zero-order valence-electron chi connectivity index (χ0n) is 13.0. The zero-order valence-corrected chi connectivity index (χ0v) is 13.0. The summed E-state index contributed by atoms with van der Waals surface area (Å²) >= 11 is 0. The Balaban J connectivity index is 6.87. The molecule has 0 bridgehead atoms. The third-order valence-corrected chi connectivity index (χ3v) is 3.26. The summed E-state index contributed by atoms with van der Waals surface area (Å²) in [6.07, 6.45) is -15.2. The number of rotatable bonds is 7. The minimum Gasteiger partial charge on any atom is -0.282 e. The standard InChI is InChI=1S/C10F20O/c11-2(12,1(31)3(13,14)15)4(16,17)5(18,19)6(20,21)7(22,23)8(24,25)9(26,27)10(28,29)30. The molecule has 0 N–H and O–H groups in total. The van der Waals surface area contributed by atoms with Gasteiger partial charge in [-0.1, -0.05) is 0 Å². The van der Waals surface area contributed by atoms with E-state index in [0.717, 1.165) is 0 Å². The van der Waals surface area contributed by atoms with Gasteiger partial charge in [0.1, 0.15) is 0 Å². The first-order valence-corrected chi connectivity index (χ1v) is 6.23. The minimum absolute atomic E-state index is 5.31. The molecule has 0 heterocycles. The molecule has 0 aliphatic carbocycles. The predicted molar refractivity (Wildman–Crippen MR) is 51.7 cm³/mol. The van der Waals surface area contributed by atoms with Crippen LogP contribution in [0.15, 0.2) is 0 Å². The maximum atomic E-state index is 13.1. The third kappa shape index (κ3) is 3.63. The average Bonchev–Trinajstić information content (AvgIpc) is 2.50. The molecule has 0 radical (unpaired) electrons. The first-order valence-electron chi connectivity index (χ1n) is 6.23. The second kappa shape index (κ2) is 6.88. The molecule has 21 heteroatoms. The monoisotopic (exact) mass is 516 g/mol. The lowest BCUT2D eigenvalue weighted by Crippen LogP contribution is -2.75. The molecule has 0 unspecified atom stereocenters. The first kappa shape index (κ1) is 29.3. The molecule has 186 valence electrons. The quantitative estimate of drug-likeness (QED) is 0.373. The number of Topliss-reactive ketones (excluding diaryl/α,β-unsaturated/α-hetero) is 1. The second-order valence-electron chi connectivity index (χ2n) is 5.35. The van der Waals surface area contributed by atoms with Gasteiger partial charge in [-0.15, -0.1) is 0 Å². The molecule has 0 aromatic carbocycles. The fourth-order valence-corrected chi connectivity index (χ4v) is 1.48. The molecule has 0 aromatic heterocycles. The van der Waals surface area contributed by atoms with Crippen LogP contribution in [0.4, 0.5) is 87.8 Å². The molecule has 0 atom stereocenters. The fraction of sp³-hybridized carbons (Fsp3) is 0.900. The van der Waals surface area contributed by atoms with Crippen LogP contribution in [0.3, 0.4) is 0 Å². The van der Waals surface area contributed by atoms with E-state index >= 15 is 0 Å². The van der Waals surface area contributed by atoms with Crippen molar-refractivity contribution in [1.29, 1.82) is 0 Å². The largest absolute Gasteiger partial charge is 0.460 e. The van der Waals surface area contributed by atoms with Crippen LogP contribution in [0.5, 0.6) is 0 Å². The molecule has 0 fully saturated rings. The Hall–Kier alpha value is -1.73. The zero-order chi connectivity index (χ0) is 26.1. The van der Waals surface area contributed by atoms with E-state index in [1.54, 1.807) is 0 Å². The van der Waals surface area contributed by atoms with Crippen LogP contribution in [-0.2, 0) is 4.79 Å². The van der Waals surface area contributed by atoms with Gasteiger partial charge >= 0.3 is 59.6 Å². The predicted octanol–water partition coefficient (Wildman–Crippen LogP) is 6.13. The Morgan fingerprint density at radius 3 is 0.806 bits per heavy atom. The lowest BCUT2D eigenvalue weighted by Gasteiger charge is -2.42. The van der Waals surface area contributed by atoms with Gasteiger partial charge in [-0.25, -0.2) is 0 Å². The van der Waals surface area contributed by atoms with E-state index in [2.05, 4.69) is 0 Å². The van der Waals surface area contributed by atoms with E-state index in [9.17, 15) is 92.6 Å². The summed E-state index contributed by atoms with van der Waals surface area (Å²) in [5, 5.41) is 0. The molecule has 0 rings (SSSR count). The molecule has 31 heavy (non-hydrogen) atoms. The molecule has 0 amide bonds. The van der Waals surface area contributed by atoms with Crippen molar-refractivity contribution in [2.75, 3.05) is 0 Å². The number of carbonyl (C=O) groups excluding carboxylic acids is 1. The van der Waals surface area contributed by atoms with E-state index in [1.165, 1.54) is 0 Å². The van der Waals surface area contributed by atoms with E-state index in [1.807, 2.05) is 0 Å². The Morgan fingerprint density at radius 2 is 0.581 bits per heavy atom. The summed E-state index contributed by atoms with van der Waals surface area (Å²) in [7, 11) is 0. The average molecular weight is 516 g/mol. The molecule has 0 saturated carbocycles. The Labute approximate surface area is 153 Å². The SMILES string of the molecule is O=C(C(F)(F)F)C(F)(F)C(F)(F)C(F)(F)C(F)(F)C(F)(F)C(F)(F)C(F)(F)C(F)(F)F. The van der Waals surface area contributed by atoms with Gasteiger partial charge in [0.2, 0.25) is 0 Å². The van der Waals surface area contributed by atoms with Crippen LogP contribution in [0.1, 0.15) is 0 Å². The number of hydrogen-bond donors (Lipinski definition) is 0. The molecule has 0 aliphatic heterocycles. The van der Waals surface area contributed by atoms with Crippen LogP contribution in [0, 0.1) is 0 Å². The number of halogens is 20. The van der Waals surface area contributed by atoms with Crippen LogP contribution in [-0.4, -0.2) is 59.6 Å². The Bertz CT molecular complexity index is 692. The number of hydrogen-bond acceptors (Lipinski definition) is 1. The first-order chi connectivity index (χ1) is 12.9. The molecular weight excluding hydrogens is 516 g/mol. The van der Waals surface area contributed by atoms with Crippen LogP contribution >= 0.6 is 0 Å². The van der Waals surface area contributed by atoms with Crippen molar-refractivity contribution in [3.63, 3.8) is 0 Å². The highest BCUT2D eigenvalue weighted by Crippen LogP contribution is 2.64. The van der Waals surface area contributed by atoms with Crippen molar-refractivity contribution >= 4 is 5.78 Å². The summed E-state index contributed by atoms with van der Waals surface area (Å²) in [6, 6.07) is 0. The van der Waals surface area contributed by atoms with Gasteiger partial charge in [-0.05, 0) is 0 Å². The van der Waals surface area contributed by atoms with Gasteiger partial charge in [0.25, 0.3) is 0 Å². The smallest absolute Gasteiger partial charge is 0.282 e. The summed E-state index contributed by atoms with van der Waals surface area (Å²) in [5.41, 5.74) is 0. The molecule has 0 saturated heterocycles. The van der Waals surface area contributed by atoms with Crippen molar-refractivity contribution < 1.29 is 92.6 Å². The van der Waals surface area contributed by atoms with Crippen molar-refractivity contribution in [3.05, 3.63) is 0 Å². The van der Waals surface area contributed by atoms with Gasteiger partial charge in [0, 0.05) is 0 Å². The fourth-order valence-electron chi connectivity index (χ4n) is 1.48. The van der Waals surface area contributed by atoms with Gasteiger partial charge in [0.15, 0.2) is 0 Å². The summed E-state index contributed by atoms with van der Waals surface area (Å²) < 4.78 is 251. The molecule has 0 aliphatic rings. The van der Waals surface area contributed by atoms with Crippen molar-refractivity contribution in [1.82, 2.24) is 0 Å². The van der Waals surface area contributed by atoms with Gasteiger partial charge < -0.3 is 0 Å². The highest BCUT2D eigenvalue weighted by Gasteiger charge is 2.96. The molecule has 0 aromatic rings. The third-order valence-electron chi connectivity index (χ3n) is 3.26. The highest BCUT2D eigenvalue weighted by atomic mass is 19.4. The number of ketones is 1. The molecular formula is C10F20O. The van der Waals surface area contributed by atoms with Crippen LogP contribution < -0.4 is 0 Å². The van der Waals surface area contributed by atoms with Gasteiger partial charge in [-0.3, -0.25) is 4.79 Å². The lowest BCUT2D eigenvalue weighted by molar-refractivity contribution is -0.460. The highest BCUT2D eigenvalue weighted by molar-refractivity contribution is 5.91. The Kier molecular flexibility index (Phi) is 6.50. The molecule has 1 nitrogen and oxygen atoms in total. The van der Waals surface area contributed by atoms with E-state index in [-0.39, 0.29) is 0 Å². The van der Waals surface area contributed by atoms with Gasteiger partial charge in [-0.2, -0.15) is 87.8 Å². The molecule has 0 spiro atoms. The van der Waals surface area contributed by atoms with Crippen molar-refractivity contribution in [2.24, 2.45) is 0 Å². The topological polar surface area (TPSA) is 17.1 Å². The number of alkyl halides is 20. The maximum Gasteiger partial charge on any atom is 0.460 e. The van der Waals surface area contributed by atoms with E-state index in [4.69, 9.17) is 0 Å². The second-order valence-corrected chi connectivity index (χ2v) is 5.35. The van der Waals surface area contributed by atoms with E-state index in [0.29, 0.717) is 0 Å². The minimum atomic E-state index is -9.04. The van der Waals surface area contributed by atoms with Crippen molar-refractivity contribution in [3.8, 4) is 0 Å². The van der Waals surface area contributed by atoms with Gasteiger partial charge in [0.05, 0.1) is 0 Å². The summed E-state index contributed by atoms with van der Waals surface area (Å²) in [6.45, 7) is 0. The van der Waals surface area contributed by atoms with Crippen LogP contribution in [0.2, 0.25) is 0 Å². The normalized spacial score (nSPS) is 16.5. The maximum absolute atomic E-state index is 13.1. The summed E-state index contributed by atoms with van der Waals surface area (Å²) in [5.74, 6) is -66.3. The van der Waals surface area contributed by atoms with Crippen LogP contribution in [0.25, 0.3) is 0 Å². The van der Waals surface area contributed by atoms with E-state index < -0.39 is 59.6 Å². The Morgan fingerprint density at radius 1 is 0.355 bits per heavy atom. The number of carbonyl (C=O) groups is 1. The van der Waals surface area contributed by atoms with Crippen molar-refractivity contribution in [2.45, 2.75) is 53.8 Å².